The molecule has 141 heavy (non-hydrogen) atoms. The van der Waals surface area contributed by atoms with E-state index in [2.05, 4.69) is 166 Å². The monoisotopic (exact) mass is 1930 g/mol. The van der Waals surface area contributed by atoms with Crippen molar-refractivity contribution in [3.05, 3.63) is 252 Å². The molecule has 0 aliphatic heterocycles. The summed E-state index contributed by atoms with van der Waals surface area (Å²) in [6.45, 7) is 18.1. The molecule has 43 heteroatoms. The molecule has 0 fully saturated rings. The van der Waals surface area contributed by atoms with Crippen LogP contribution in [0.5, 0.6) is 17.2 Å². The summed E-state index contributed by atoms with van der Waals surface area (Å²) in [5.41, 5.74) is 53.9. The number of para-hydroxylation sites is 1. The Labute approximate surface area is 817 Å². The van der Waals surface area contributed by atoms with Gasteiger partial charge in [0.25, 0.3) is 0 Å². The van der Waals surface area contributed by atoms with Crippen molar-refractivity contribution in [1.29, 1.82) is 0 Å². The quantitative estimate of drug-likeness (QED) is 0.0162. The van der Waals surface area contributed by atoms with Crippen LogP contribution in [0.25, 0.3) is 66.2 Å². The Morgan fingerprint density at radius 3 is 1.34 bits per heavy atom. The number of thiazole rings is 1. The fourth-order valence-electron chi connectivity index (χ4n) is 15.4. The third-order valence-electron chi connectivity index (χ3n) is 22.2. The lowest BCUT2D eigenvalue weighted by atomic mass is 10.1. The second-order valence-corrected chi connectivity index (χ2v) is 33.3. The Kier molecular flexibility index (Phi) is 34.8. The molecule has 0 amide bonds. The molecule has 2 aromatic carbocycles. The molecule has 0 aliphatic rings. The third kappa shape index (κ3) is 26.2. The molecule has 2 unspecified atom stereocenters. The second-order valence-electron chi connectivity index (χ2n) is 32.6. The van der Waals surface area contributed by atoms with Gasteiger partial charge in [0.2, 0.25) is 35.7 Å². The van der Waals surface area contributed by atoms with Crippen molar-refractivity contribution in [1.82, 2.24) is 112 Å². The summed E-state index contributed by atoms with van der Waals surface area (Å²) in [6, 6.07) is 44.9. The molecular formula is C98H119N35O7S. The number of fused-ring (bicyclic) bond motifs is 6. The topological polar surface area (TPSA) is 546 Å². The number of nitrogens with two attached hydrogens (primary N) is 6. The molecule has 0 radical (unpaired) electrons. The number of hydrogen-bond acceptors (Lipinski definition) is 37. The van der Waals surface area contributed by atoms with Gasteiger partial charge < -0.3 is 127 Å². The standard InChI is InChI=1S/C17H19N7OS.C17H22N6O.2C17H21N5O2.C16H20N6O.C14H16N6/c1-10(2)14-5-11(23-25-14)6-19-16-15-13(21-17(18)22-16)3-4-24(15)7-12-8-26-9-20-12;1-3-4-8-20-16-15-12(21-17(18)22-16)7-10-23(15)11-13-14(24-2)6-5-9-19-13;1-23-9-7-19-16-15-14(20-17(18)21-16)6-8-22(15)11-12-4-3-5-13(10-12)24-2;1-23-10-8-19-16-15-13(20-17(18)21-16)7-9-22(15)11-12-5-3-4-6-14(12)24-2;1-11(12-5-3-4-7-18-12)19-15-14-13(20-16(17)21-15)6-8-22(14)9-10-23-2;1-9(10-5-3-4-7-16-10)17-13-12-11(6-8-20(12)2)18-14(15)19-13/h3-5,8-10H,6-7H2,1-2H3,(H3,18,19,21,22);5-7,9-10H,3-4,8,11H2,1-2H3,(H3,18,20,21,22);3-6,8,10H,7,9,11H2,1-2H3,(H3,18,19,20,21);3-7,9H,8,10-11H2,1-2H3,(H3,18,19,20,21);3-8,11H,9-10H2,1-2H3,(H3,17,19,20,21);3-9H,1-2H3,(H3,15,17,18,19). The van der Waals surface area contributed by atoms with Crippen LogP contribution >= 0.6 is 11.3 Å². The maximum absolute atomic E-state index is 5.87. The fourth-order valence-corrected chi connectivity index (χ4v) is 16.0. The lowest BCUT2D eigenvalue weighted by molar-refractivity contribution is 0.188. The first-order valence-electron chi connectivity index (χ1n) is 45.6. The molecule has 0 aliphatic carbocycles. The van der Waals surface area contributed by atoms with Crippen molar-refractivity contribution >= 4 is 148 Å². The summed E-state index contributed by atoms with van der Waals surface area (Å²) in [7, 11) is 12.0. The molecule has 0 saturated heterocycles. The van der Waals surface area contributed by atoms with Crippen LogP contribution in [0.15, 0.2) is 211 Å². The SMILES string of the molecule is CC(C)c1cc(CNc2nc(N)nc3ccn(Cc4cscn4)c23)no1.CC(Nc1nc(N)nc2ccn(C)c12)c1ccccn1.CCCCNc1nc(N)nc2ccn(Cc3ncccc3OC)c12.COCCNc1nc(N)nc2ccn(Cc3cccc(OC)c3)c12.COCCNc1nc(N)nc2ccn(Cc3ccccc3OC)c12.COCCn1ccc2nc(N)nc(NC(C)c3ccccn3)c21. The maximum atomic E-state index is 5.87. The molecule has 19 rings (SSSR count). The van der Waals surface area contributed by atoms with Crippen molar-refractivity contribution in [2.75, 3.05) is 148 Å². The van der Waals surface area contributed by atoms with E-state index in [1.807, 2.05) is 207 Å². The molecule has 734 valence electrons. The highest BCUT2D eigenvalue weighted by Crippen LogP contribution is 2.34. The van der Waals surface area contributed by atoms with Gasteiger partial charge in [-0.25, -0.2) is 34.9 Å². The maximum Gasteiger partial charge on any atom is 0.222 e. The Hall–Kier alpha value is -16.7. The van der Waals surface area contributed by atoms with Crippen LogP contribution in [0.2, 0.25) is 0 Å². The number of aryl methyl sites for hydroxylation is 1. The highest BCUT2D eigenvalue weighted by Gasteiger charge is 2.22. The van der Waals surface area contributed by atoms with Crippen molar-refractivity contribution in [3.8, 4) is 17.2 Å². The highest BCUT2D eigenvalue weighted by atomic mass is 32.1. The van der Waals surface area contributed by atoms with Crippen LogP contribution in [0, 0.1) is 0 Å². The van der Waals surface area contributed by atoms with E-state index in [-0.39, 0.29) is 47.8 Å². The van der Waals surface area contributed by atoms with E-state index < -0.39 is 0 Å². The first-order valence-corrected chi connectivity index (χ1v) is 46.6. The fraction of sp³-hybridized carbons (Fsp3) is 0.296. The zero-order valence-electron chi connectivity index (χ0n) is 80.8. The normalized spacial score (nSPS) is 11.5. The van der Waals surface area contributed by atoms with Gasteiger partial charge in [0, 0.05) is 140 Å². The minimum absolute atomic E-state index is 0.000486. The first kappa shape index (κ1) is 100. The van der Waals surface area contributed by atoms with E-state index in [4.69, 9.17) is 67.3 Å². The van der Waals surface area contributed by atoms with Gasteiger partial charge in [0.05, 0.1) is 135 Å². The minimum atomic E-state index is -0.000486. The van der Waals surface area contributed by atoms with Crippen molar-refractivity contribution in [2.45, 2.75) is 105 Å². The van der Waals surface area contributed by atoms with Crippen LogP contribution in [-0.2, 0) is 60.5 Å². The number of unbranched alkanes of at least 4 members (excludes halogenated alkanes) is 1. The number of ether oxygens (including phenoxy) is 6. The van der Waals surface area contributed by atoms with Gasteiger partial charge in [-0.05, 0) is 117 Å². The van der Waals surface area contributed by atoms with E-state index in [1.165, 1.54) is 0 Å². The van der Waals surface area contributed by atoms with E-state index in [0.29, 0.717) is 94.8 Å². The van der Waals surface area contributed by atoms with Gasteiger partial charge in [-0.3, -0.25) is 15.0 Å². The van der Waals surface area contributed by atoms with Gasteiger partial charge in [-0.15, -0.1) is 11.3 Å². The Morgan fingerprint density at radius 2 is 0.851 bits per heavy atom. The zero-order valence-corrected chi connectivity index (χ0v) is 81.6. The van der Waals surface area contributed by atoms with E-state index in [0.717, 1.165) is 166 Å². The average Bonchev–Trinajstić information content (AvgIpc) is 1.67. The van der Waals surface area contributed by atoms with Crippen LogP contribution in [-0.4, -0.2) is 194 Å². The van der Waals surface area contributed by atoms with Crippen LogP contribution < -0.4 is 80.5 Å². The Bertz CT molecular complexity index is 7090. The lowest BCUT2D eigenvalue weighted by Gasteiger charge is -2.16. The average molecular weight is 1930 g/mol. The lowest BCUT2D eigenvalue weighted by Crippen LogP contribution is -2.13. The van der Waals surface area contributed by atoms with Gasteiger partial charge in [-0.2, -0.15) is 29.9 Å². The van der Waals surface area contributed by atoms with Crippen molar-refractivity contribution in [3.63, 3.8) is 0 Å². The first-order chi connectivity index (χ1) is 68.6. The van der Waals surface area contributed by atoms with Crippen LogP contribution in [0.3, 0.4) is 0 Å². The van der Waals surface area contributed by atoms with Gasteiger partial charge >= 0.3 is 0 Å². The predicted octanol–water partition coefficient (Wildman–Crippen LogP) is 14.5. The smallest absolute Gasteiger partial charge is 0.222 e. The van der Waals surface area contributed by atoms with Gasteiger partial charge in [0.1, 0.15) is 67.5 Å². The number of nitrogens with one attached hydrogen (secondary N) is 6. The minimum Gasteiger partial charge on any atom is -0.497 e. The predicted molar refractivity (Wildman–Crippen MR) is 554 cm³/mol. The number of aromatic nitrogens is 23. The van der Waals surface area contributed by atoms with Gasteiger partial charge in [-0.1, -0.05) is 74.8 Å². The third-order valence-corrected chi connectivity index (χ3v) is 22.8. The zero-order chi connectivity index (χ0) is 99.3. The number of nitrogens with zero attached hydrogens (tertiary/aromatic N) is 23. The number of methoxy groups -OCH3 is 6. The summed E-state index contributed by atoms with van der Waals surface area (Å²) < 4.78 is 49.1. The summed E-state index contributed by atoms with van der Waals surface area (Å²) in [6.07, 6.45) is 19.3. The van der Waals surface area contributed by atoms with Crippen LogP contribution in [0.4, 0.5) is 70.6 Å². The molecule has 18 N–H and O–H groups in total. The number of hydrogen-bond donors (Lipinski definition) is 12. The summed E-state index contributed by atoms with van der Waals surface area (Å²) in [4.78, 5) is 69.4. The van der Waals surface area contributed by atoms with E-state index in [1.54, 1.807) is 72.6 Å². The molecular weight excluding hydrogens is 1810 g/mol. The molecule has 19 aromatic rings. The van der Waals surface area contributed by atoms with Crippen molar-refractivity contribution < 1.29 is 32.9 Å². The molecule has 17 aromatic heterocycles. The van der Waals surface area contributed by atoms with Gasteiger partial charge in [0.15, 0.2) is 34.9 Å². The molecule has 0 spiro atoms. The number of anilines is 12. The number of rotatable bonds is 36. The second kappa shape index (κ2) is 48.9. The van der Waals surface area contributed by atoms with E-state index in [9.17, 15) is 0 Å². The highest BCUT2D eigenvalue weighted by molar-refractivity contribution is 7.07. The molecule has 0 bridgehead atoms. The molecule has 17 heterocycles. The Balaban J connectivity index is 0.000000135. The summed E-state index contributed by atoms with van der Waals surface area (Å²) in [5.74, 6) is 9.38. The molecule has 2 atom stereocenters. The number of benzene rings is 2. The van der Waals surface area contributed by atoms with E-state index >= 15 is 0 Å². The number of nitrogen functional groups attached to an aromatic ring is 6. The summed E-state index contributed by atoms with van der Waals surface area (Å²) >= 11 is 1.58. The largest absolute Gasteiger partial charge is 0.497 e. The van der Waals surface area contributed by atoms with Crippen molar-refractivity contribution in [2.24, 2.45) is 7.05 Å². The molecule has 0 saturated carbocycles. The van der Waals surface area contributed by atoms with Crippen LogP contribution in [0.1, 0.15) is 111 Å². The molecule has 42 nitrogen and oxygen atoms in total. The Morgan fingerprint density at radius 1 is 0.397 bits per heavy atom. The number of pyridine rings is 3. The summed E-state index contributed by atoms with van der Waals surface area (Å²) in [5, 5.41) is 26.1.